The van der Waals surface area contributed by atoms with E-state index in [1.54, 1.807) is 15.3 Å². The molecule has 28 heavy (non-hydrogen) atoms. The number of benzene rings is 1. The fourth-order valence-corrected chi connectivity index (χ4v) is 4.02. The number of pyridine rings is 1. The number of piperazine rings is 1. The molecule has 1 fully saturated rings. The Morgan fingerprint density at radius 3 is 2.75 bits per heavy atom. The van der Waals surface area contributed by atoms with Gasteiger partial charge < -0.3 is 4.90 Å². The van der Waals surface area contributed by atoms with Crippen LogP contribution in [0.25, 0.3) is 5.65 Å². The minimum absolute atomic E-state index is 0. The second kappa shape index (κ2) is 8.80. The molecule has 3 heterocycles. The van der Waals surface area contributed by atoms with Crippen LogP contribution in [-0.4, -0.2) is 51.3 Å². The van der Waals surface area contributed by atoms with E-state index in [2.05, 4.69) is 27.9 Å². The molecule has 1 aromatic carbocycles. The van der Waals surface area contributed by atoms with Gasteiger partial charge in [0.2, 0.25) is 0 Å². The molecule has 0 saturated carbocycles. The zero-order valence-corrected chi connectivity index (χ0v) is 16.2. The van der Waals surface area contributed by atoms with Gasteiger partial charge in [-0.25, -0.2) is 9.48 Å². The van der Waals surface area contributed by atoms with Crippen molar-refractivity contribution < 1.29 is 0 Å². The van der Waals surface area contributed by atoms with Gasteiger partial charge in [-0.05, 0) is 43.7 Å². The van der Waals surface area contributed by atoms with E-state index < -0.39 is 0 Å². The van der Waals surface area contributed by atoms with Crippen molar-refractivity contribution in [2.45, 2.75) is 33.4 Å². The van der Waals surface area contributed by atoms with Crippen molar-refractivity contribution in [1.82, 2.24) is 19.1 Å². The summed E-state index contributed by atoms with van der Waals surface area (Å²) in [5.74, 6) is 0. The lowest BCUT2D eigenvalue weighted by Crippen LogP contribution is -2.52. The Bertz CT molecular complexity index is 982. The molecule has 0 bridgehead atoms. The number of halogens is 1. The highest BCUT2D eigenvalue weighted by molar-refractivity contribution is 6.30. The standard InChI is InChI=1S/C20H24ClN5O.CH4/c1-16-15-23(12-13-24(16)18-7-4-6-17(21)14-18)9-5-11-26-20(27)25-10-3-2-8-19(25)22-26;/h2-4,6-8,10,14,16H,5,9,11-13,15H2,1H3;1H4. The van der Waals surface area contributed by atoms with E-state index in [1.807, 2.05) is 36.4 Å². The van der Waals surface area contributed by atoms with E-state index in [-0.39, 0.29) is 13.1 Å². The summed E-state index contributed by atoms with van der Waals surface area (Å²) in [5, 5.41) is 5.18. The molecule has 1 atom stereocenters. The number of anilines is 1. The van der Waals surface area contributed by atoms with E-state index in [0.29, 0.717) is 18.2 Å². The first kappa shape index (κ1) is 20.4. The molecule has 2 aromatic heterocycles. The van der Waals surface area contributed by atoms with Crippen LogP contribution in [0.15, 0.2) is 53.5 Å². The molecule has 0 spiro atoms. The number of hydrogen-bond donors (Lipinski definition) is 0. The molecule has 7 heteroatoms. The summed E-state index contributed by atoms with van der Waals surface area (Å²) in [6.07, 6.45) is 2.67. The zero-order chi connectivity index (χ0) is 18.8. The molecule has 0 aliphatic carbocycles. The van der Waals surface area contributed by atoms with Crippen LogP contribution in [0.4, 0.5) is 5.69 Å². The summed E-state index contributed by atoms with van der Waals surface area (Å²) < 4.78 is 3.16. The van der Waals surface area contributed by atoms with Gasteiger partial charge in [-0.1, -0.05) is 31.2 Å². The van der Waals surface area contributed by atoms with E-state index in [0.717, 1.165) is 37.6 Å². The summed E-state index contributed by atoms with van der Waals surface area (Å²) in [6.45, 7) is 6.86. The molecule has 150 valence electrons. The lowest BCUT2D eigenvalue weighted by molar-refractivity contribution is 0.221. The molecule has 0 radical (unpaired) electrons. The van der Waals surface area contributed by atoms with Crippen LogP contribution < -0.4 is 10.6 Å². The third-order valence-corrected chi connectivity index (χ3v) is 5.42. The van der Waals surface area contributed by atoms with Crippen molar-refractivity contribution in [3.05, 3.63) is 64.2 Å². The van der Waals surface area contributed by atoms with Crippen molar-refractivity contribution in [1.29, 1.82) is 0 Å². The van der Waals surface area contributed by atoms with Crippen molar-refractivity contribution >= 4 is 22.9 Å². The third-order valence-electron chi connectivity index (χ3n) is 5.18. The lowest BCUT2D eigenvalue weighted by atomic mass is 10.1. The average molecular weight is 402 g/mol. The molecular formula is C21H28ClN5O. The molecule has 4 rings (SSSR count). The summed E-state index contributed by atoms with van der Waals surface area (Å²) in [7, 11) is 0. The van der Waals surface area contributed by atoms with Crippen LogP contribution in [0, 0.1) is 0 Å². The van der Waals surface area contributed by atoms with Crippen LogP contribution >= 0.6 is 11.6 Å². The topological polar surface area (TPSA) is 45.8 Å². The maximum absolute atomic E-state index is 12.3. The summed E-state index contributed by atoms with van der Waals surface area (Å²) in [6, 6.07) is 14.1. The van der Waals surface area contributed by atoms with Gasteiger partial charge in [0.15, 0.2) is 5.65 Å². The molecule has 1 aliphatic heterocycles. The molecular weight excluding hydrogens is 374 g/mol. The highest BCUT2D eigenvalue weighted by Gasteiger charge is 2.23. The van der Waals surface area contributed by atoms with Crippen molar-refractivity contribution in [3.8, 4) is 0 Å². The third kappa shape index (κ3) is 4.23. The summed E-state index contributed by atoms with van der Waals surface area (Å²) >= 11 is 6.14. The molecule has 1 aliphatic rings. The van der Waals surface area contributed by atoms with Crippen molar-refractivity contribution in [3.63, 3.8) is 0 Å². The minimum atomic E-state index is -0.0651. The molecule has 1 saturated heterocycles. The van der Waals surface area contributed by atoms with E-state index in [1.165, 1.54) is 5.69 Å². The van der Waals surface area contributed by atoms with Crippen LogP contribution in [-0.2, 0) is 6.54 Å². The normalized spacial score (nSPS) is 17.6. The highest BCUT2D eigenvalue weighted by atomic mass is 35.5. The second-order valence-corrected chi connectivity index (χ2v) is 7.55. The first-order valence-electron chi connectivity index (χ1n) is 9.40. The Morgan fingerprint density at radius 2 is 2.00 bits per heavy atom. The Morgan fingerprint density at radius 1 is 1.14 bits per heavy atom. The molecule has 0 amide bonds. The van der Waals surface area contributed by atoms with Gasteiger partial charge in [0, 0.05) is 55.7 Å². The monoisotopic (exact) mass is 401 g/mol. The van der Waals surface area contributed by atoms with E-state index >= 15 is 0 Å². The van der Waals surface area contributed by atoms with Crippen LogP contribution in [0.5, 0.6) is 0 Å². The van der Waals surface area contributed by atoms with Gasteiger partial charge in [0.1, 0.15) is 0 Å². The van der Waals surface area contributed by atoms with Gasteiger partial charge in [0.05, 0.1) is 0 Å². The highest BCUT2D eigenvalue weighted by Crippen LogP contribution is 2.23. The Balaban J connectivity index is 0.00000225. The molecule has 6 nitrogen and oxygen atoms in total. The predicted octanol–water partition coefficient (Wildman–Crippen LogP) is 3.39. The zero-order valence-electron chi connectivity index (χ0n) is 15.5. The number of nitrogens with zero attached hydrogens (tertiary/aromatic N) is 5. The molecule has 3 aromatic rings. The smallest absolute Gasteiger partial charge is 0.350 e. The minimum Gasteiger partial charge on any atom is -0.366 e. The first-order chi connectivity index (χ1) is 13.1. The van der Waals surface area contributed by atoms with Gasteiger partial charge in [-0.15, -0.1) is 5.10 Å². The van der Waals surface area contributed by atoms with Crippen LogP contribution in [0.2, 0.25) is 5.02 Å². The Hall–Kier alpha value is -2.31. The average Bonchev–Trinajstić information content (AvgIpc) is 2.98. The summed E-state index contributed by atoms with van der Waals surface area (Å²) in [4.78, 5) is 17.2. The largest absolute Gasteiger partial charge is 0.366 e. The number of rotatable bonds is 5. The quantitative estimate of drug-likeness (QED) is 0.657. The number of fused-ring (bicyclic) bond motifs is 1. The number of aromatic nitrogens is 3. The van der Waals surface area contributed by atoms with Crippen molar-refractivity contribution in [2.75, 3.05) is 31.1 Å². The van der Waals surface area contributed by atoms with Crippen LogP contribution in [0.1, 0.15) is 20.8 Å². The Labute approximate surface area is 170 Å². The first-order valence-corrected chi connectivity index (χ1v) is 9.78. The number of aryl methyl sites for hydroxylation is 1. The van der Waals surface area contributed by atoms with Gasteiger partial charge in [-0.3, -0.25) is 9.30 Å². The van der Waals surface area contributed by atoms with Gasteiger partial charge in [0.25, 0.3) is 0 Å². The number of hydrogen-bond acceptors (Lipinski definition) is 4. The van der Waals surface area contributed by atoms with Gasteiger partial charge in [-0.2, -0.15) is 0 Å². The maximum Gasteiger partial charge on any atom is 0.350 e. The SMILES string of the molecule is C.CC1CN(CCCn2nc3ccccn3c2=O)CCN1c1cccc(Cl)c1. The summed E-state index contributed by atoms with van der Waals surface area (Å²) in [5.41, 5.74) is 1.82. The maximum atomic E-state index is 12.3. The molecule has 0 N–H and O–H groups in total. The second-order valence-electron chi connectivity index (χ2n) is 7.11. The fourth-order valence-electron chi connectivity index (χ4n) is 3.83. The van der Waals surface area contributed by atoms with E-state index in [4.69, 9.17) is 11.6 Å². The van der Waals surface area contributed by atoms with Gasteiger partial charge >= 0.3 is 5.69 Å². The fraction of sp³-hybridized carbons (Fsp3) is 0.429. The Kier molecular flexibility index (Phi) is 6.42. The van der Waals surface area contributed by atoms with E-state index in [9.17, 15) is 4.79 Å². The van der Waals surface area contributed by atoms with Crippen molar-refractivity contribution in [2.24, 2.45) is 0 Å². The van der Waals surface area contributed by atoms with Crippen LogP contribution in [0.3, 0.4) is 0 Å². The molecule has 1 unspecified atom stereocenters. The predicted molar refractivity (Wildman–Crippen MR) is 116 cm³/mol. The lowest BCUT2D eigenvalue weighted by Gasteiger charge is -2.41.